The summed E-state index contributed by atoms with van der Waals surface area (Å²) in [5.74, 6) is 1.57. The van der Waals surface area contributed by atoms with Crippen molar-refractivity contribution in [3.63, 3.8) is 0 Å². The Morgan fingerprint density at radius 2 is 1.62 bits per heavy atom. The molecule has 0 atom stereocenters. The number of rotatable bonds is 6. The van der Waals surface area contributed by atoms with Gasteiger partial charge in [-0.15, -0.1) is 0 Å². The van der Waals surface area contributed by atoms with E-state index in [2.05, 4.69) is 6.58 Å². The zero-order chi connectivity index (χ0) is 20.3. The van der Waals surface area contributed by atoms with Gasteiger partial charge in [-0.2, -0.15) is 9.40 Å². The molecule has 0 radical (unpaired) electrons. The van der Waals surface area contributed by atoms with Crippen molar-refractivity contribution in [3.8, 4) is 22.8 Å². The zero-order valence-electron chi connectivity index (χ0n) is 16.0. The monoisotopic (exact) mass is 409 g/mol. The van der Waals surface area contributed by atoms with Gasteiger partial charge in [0.25, 0.3) is 0 Å². The molecule has 1 aliphatic heterocycles. The average molecular weight is 410 g/mol. The van der Waals surface area contributed by atoms with E-state index in [1.54, 1.807) is 0 Å². The van der Waals surface area contributed by atoms with Crippen LogP contribution >= 0.6 is 0 Å². The van der Waals surface area contributed by atoms with E-state index in [0.717, 1.165) is 41.0 Å². The fourth-order valence-corrected chi connectivity index (χ4v) is 4.41. The van der Waals surface area contributed by atoms with Crippen LogP contribution < -0.4 is 4.74 Å². The van der Waals surface area contributed by atoms with Crippen molar-refractivity contribution in [2.45, 2.75) is 18.9 Å². The summed E-state index contributed by atoms with van der Waals surface area (Å²) in [6.45, 7) is 4.37. The highest BCUT2D eigenvalue weighted by atomic mass is 32.2. The van der Waals surface area contributed by atoms with Crippen LogP contribution in [0, 0.1) is 0 Å². The van der Waals surface area contributed by atoms with Crippen LogP contribution in [0.3, 0.4) is 0 Å². The van der Waals surface area contributed by atoms with Gasteiger partial charge in [0.2, 0.25) is 10.0 Å². The van der Waals surface area contributed by atoms with Crippen LogP contribution in [-0.4, -0.2) is 35.6 Å². The second-order valence-corrected chi connectivity index (χ2v) is 8.84. The SMILES string of the molecule is C=CS(=O)(=O)N1CCC(n2ccc(-c3ccc(Oc4ccccc4)cc3)n2)CC1. The molecule has 0 spiro atoms. The minimum Gasteiger partial charge on any atom is -0.457 e. The Kier molecular flexibility index (Phi) is 5.51. The smallest absolute Gasteiger partial charge is 0.235 e. The summed E-state index contributed by atoms with van der Waals surface area (Å²) >= 11 is 0. The van der Waals surface area contributed by atoms with Gasteiger partial charge in [-0.05, 0) is 55.3 Å². The van der Waals surface area contributed by atoms with E-state index in [1.807, 2.05) is 71.5 Å². The molecule has 4 rings (SSSR count). The molecule has 1 aliphatic rings. The maximum absolute atomic E-state index is 11.9. The molecule has 2 heterocycles. The summed E-state index contributed by atoms with van der Waals surface area (Å²) < 4.78 is 33.1. The Labute approximate surface area is 171 Å². The molecule has 0 aliphatic carbocycles. The van der Waals surface area contributed by atoms with E-state index in [9.17, 15) is 8.42 Å². The maximum atomic E-state index is 11.9. The van der Waals surface area contributed by atoms with Gasteiger partial charge in [0.1, 0.15) is 11.5 Å². The molecule has 150 valence electrons. The minimum absolute atomic E-state index is 0.195. The molecular formula is C22H23N3O3S. The van der Waals surface area contributed by atoms with Gasteiger partial charge in [0.05, 0.1) is 11.7 Å². The van der Waals surface area contributed by atoms with Gasteiger partial charge >= 0.3 is 0 Å². The van der Waals surface area contributed by atoms with Gasteiger partial charge in [0.15, 0.2) is 0 Å². The maximum Gasteiger partial charge on any atom is 0.235 e. The number of hydrogen-bond acceptors (Lipinski definition) is 4. The van der Waals surface area contributed by atoms with E-state index in [4.69, 9.17) is 9.84 Å². The van der Waals surface area contributed by atoms with E-state index < -0.39 is 10.0 Å². The lowest BCUT2D eigenvalue weighted by Gasteiger charge is -2.30. The number of ether oxygens (including phenoxy) is 1. The van der Waals surface area contributed by atoms with E-state index >= 15 is 0 Å². The third-order valence-electron chi connectivity index (χ3n) is 5.11. The highest BCUT2D eigenvalue weighted by Crippen LogP contribution is 2.28. The lowest BCUT2D eigenvalue weighted by atomic mass is 10.1. The Hall–Kier alpha value is -2.90. The molecule has 0 unspecified atom stereocenters. The Morgan fingerprint density at radius 1 is 0.966 bits per heavy atom. The highest BCUT2D eigenvalue weighted by Gasteiger charge is 2.27. The predicted molar refractivity (Wildman–Crippen MR) is 113 cm³/mol. The molecule has 6 nitrogen and oxygen atoms in total. The molecule has 7 heteroatoms. The molecule has 1 fully saturated rings. The summed E-state index contributed by atoms with van der Waals surface area (Å²) in [5, 5.41) is 5.73. The van der Waals surface area contributed by atoms with Crippen LogP contribution in [0.5, 0.6) is 11.5 Å². The predicted octanol–water partition coefficient (Wildman–Crippen LogP) is 4.45. The number of aromatic nitrogens is 2. The van der Waals surface area contributed by atoms with E-state index in [0.29, 0.717) is 13.1 Å². The van der Waals surface area contributed by atoms with Crippen LogP contribution in [0.25, 0.3) is 11.3 Å². The first kappa shape index (κ1) is 19.4. The molecule has 0 bridgehead atoms. The van der Waals surface area contributed by atoms with Gasteiger partial charge in [-0.1, -0.05) is 24.8 Å². The van der Waals surface area contributed by atoms with Crippen molar-refractivity contribution in [2.24, 2.45) is 0 Å². The summed E-state index contributed by atoms with van der Waals surface area (Å²) in [7, 11) is -3.34. The lowest BCUT2D eigenvalue weighted by Crippen LogP contribution is -2.38. The molecule has 1 saturated heterocycles. The zero-order valence-corrected chi connectivity index (χ0v) is 16.8. The Balaban J connectivity index is 1.41. The topological polar surface area (TPSA) is 64.4 Å². The highest BCUT2D eigenvalue weighted by molar-refractivity contribution is 7.92. The first-order valence-electron chi connectivity index (χ1n) is 9.56. The van der Waals surface area contributed by atoms with Gasteiger partial charge in [0, 0.05) is 30.3 Å². The van der Waals surface area contributed by atoms with Crippen LogP contribution in [0.1, 0.15) is 18.9 Å². The largest absolute Gasteiger partial charge is 0.457 e. The molecular weight excluding hydrogens is 386 g/mol. The fraction of sp³-hybridized carbons (Fsp3) is 0.227. The van der Waals surface area contributed by atoms with Gasteiger partial charge < -0.3 is 4.74 Å². The molecule has 1 aromatic heterocycles. The number of benzene rings is 2. The van der Waals surface area contributed by atoms with Crippen molar-refractivity contribution < 1.29 is 13.2 Å². The number of para-hydroxylation sites is 1. The number of sulfonamides is 1. The first-order chi connectivity index (χ1) is 14.0. The lowest BCUT2D eigenvalue weighted by molar-refractivity contribution is 0.263. The van der Waals surface area contributed by atoms with Crippen molar-refractivity contribution in [3.05, 3.63) is 78.8 Å². The molecule has 0 saturated carbocycles. The van der Waals surface area contributed by atoms with Crippen molar-refractivity contribution in [2.75, 3.05) is 13.1 Å². The van der Waals surface area contributed by atoms with E-state index in [1.165, 1.54) is 4.31 Å². The Morgan fingerprint density at radius 3 is 2.28 bits per heavy atom. The summed E-state index contributed by atoms with van der Waals surface area (Å²) in [5.41, 5.74) is 1.90. The van der Waals surface area contributed by atoms with Crippen LogP contribution in [0.4, 0.5) is 0 Å². The third-order valence-corrected chi connectivity index (χ3v) is 6.61. The fourth-order valence-electron chi connectivity index (χ4n) is 3.48. The number of hydrogen-bond donors (Lipinski definition) is 0. The average Bonchev–Trinajstić information content (AvgIpc) is 3.25. The van der Waals surface area contributed by atoms with Crippen LogP contribution in [0.15, 0.2) is 78.8 Å². The van der Waals surface area contributed by atoms with Crippen LogP contribution in [-0.2, 0) is 10.0 Å². The molecule has 0 amide bonds. The molecule has 3 aromatic rings. The second kappa shape index (κ2) is 8.23. The second-order valence-electron chi connectivity index (χ2n) is 6.96. The number of nitrogens with zero attached hydrogens (tertiary/aromatic N) is 3. The van der Waals surface area contributed by atoms with Crippen molar-refractivity contribution >= 4 is 10.0 Å². The van der Waals surface area contributed by atoms with Crippen molar-refractivity contribution in [1.29, 1.82) is 0 Å². The first-order valence-corrected chi connectivity index (χ1v) is 11.1. The van der Waals surface area contributed by atoms with Gasteiger partial charge in [-0.3, -0.25) is 4.68 Å². The third kappa shape index (κ3) is 4.41. The summed E-state index contributed by atoms with van der Waals surface area (Å²) in [4.78, 5) is 0. The standard InChI is InChI=1S/C22H23N3O3S/c1-2-29(26,27)24-15-12-19(13-16-24)25-17-14-22(23-25)18-8-10-21(11-9-18)28-20-6-4-3-5-7-20/h2-11,14,17,19H,1,12-13,15-16H2. The van der Waals surface area contributed by atoms with Crippen molar-refractivity contribution in [1.82, 2.24) is 14.1 Å². The van der Waals surface area contributed by atoms with Gasteiger partial charge in [-0.25, -0.2) is 8.42 Å². The molecule has 2 aromatic carbocycles. The Bertz CT molecular complexity index is 1070. The van der Waals surface area contributed by atoms with E-state index in [-0.39, 0.29) is 6.04 Å². The summed E-state index contributed by atoms with van der Waals surface area (Å²) in [6, 6.07) is 19.7. The van der Waals surface area contributed by atoms with Crippen LogP contribution in [0.2, 0.25) is 0 Å². The quantitative estimate of drug-likeness (QED) is 0.603. The normalized spacial score (nSPS) is 15.9. The molecule has 0 N–H and O–H groups in total. The molecule has 29 heavy (non-hydrogen) atoms. The minimum atomic E-state index is -3.34. The number of piperidine rings is 1. The summed E-state index contributed by atoms with van der Waals surface area (Å²) in [6.07, 6.45) is 3.43.